The van der Waals surface area contributed by atoms with Gasteiger partial charge < -0.3 is 9.64 Å². The van der Waals surface area contributed by atoms with Crippen molar-refractivity contribution in [2.45, 2.75) is 27.2 Å². The minimum atomic E-state index is -0.396. The van der Waals surface area contributed by atoms with Crippen LogP contribution in [0.4, 0.5) is 5.69 Å². The average Bonchev–Trinajstić information content (AvgIpc) is 2.95. The summed E-state index contributed by atoms with van der Waals surface area (Å²) in [5.41, 5.74) is 4.05. The summed E-state index contributed by atoms with van der Waals surface area (Å²) in [6.45, 7) is 7.80. The highest BCUT2D eigenvalue weighted by Gasteiger charge is 2.15. The normalized spacial score (nSPS) is 10.9. The SMILES string of the molecule is CCCN(CCOc1ccnc(-c2c(C)nn(C)c2C)c1)c1cn[nH]c(=O)c1Cl. The fraction of sp³-hybridized carbons (Fsp3) is 0.400. The van der Waals surface area contributed by atoms with E-state index in [2.05, 4.69) is 27.2 Å². The molecule has 0 spiro atoms. The molecule has 0 atom stereocenters. The first-order chi connectivity index (χ1) is 13.9. The minimum absolute atomic E-state index is 0.141. The molecular weight excluding hydrogens is 392 g/mol. The first kappa shape index (κ1) is 20.9. The predicted octanol–water partition coefficient (Wildman–Crippen LogP) is 3.13. The van der Waals surface area contributed by atoms with Crippen molar-refractivity contribution in [3.8, 4) is 17.0 Å². The van der Waals surface area contributed by atoms with Gasteiger partial charge in [0.2, 0.25) is 0 Å². The van der Waals surface area contributed by atoms with Gasteiger partial charge in [0.05, 0.1) is 29.8 Å². The number of aromatic amines is 1. The third kappa shape index (κ3) is 4.59. The maximum atomic E-state index is 11.8. The molecule has 154 valence electrons. The van der Waals surface area contributed by atoms with E-state index >= 15 is 0 Å². The fourth-order valence-electron chi connectivity index (χ4n) is 3.27. The number of aromatic nitrogens is 5. The van der Waals surface area contributed by atoms with Gasteiger partial charge in [0, 0.05) is 37.1 Å². The molecule has 0 aromatic carbocycles. The highest BCUT2D eigenvalue weighted by molar-refractivity contribution is 6.32. The highest BCUT2D eigenvalue weighted by Crippen LogP contribution is 2.27. The second kappa shape index (κ2) is 9.09. The molecule has 8 nitrogen and oxygen atoms in total. The van der Waals surface area contributed by atoms with E-state index in [4.69, 9.17) is 16.3 Å². The number of halogens is 1. The summed E-state index contributed by atoms with van der Waals surface area (Å²) in [5.74, 6) is 0.726. The highest BCUT2D eigenvalue weighted by atomic mass is 35.5. The van der Waals surface area contributed by atoms with Gasteiger partial charge in [0.1, 0.15) is 17.4 Å². The number of H-pyrrole nitrogens is 1. The lowest BCUT2D eigenvalue weighted by Gasteiger charge is -2.24. The van der Waals surface area contributed by atoms with E-state index in [0.29, 0.717) is 18.8 Å². The Morgan fingerprint density at radius 2 is 2.10 bits per heavy atom. The van der Waals surface area contributed by atoms with E-state index < -0.39 is 5.56 Å². The molecule has 0 radical (unpaired) electrons. The van der Waals surface area contributed by atoms with Crippen LogP contribution >= 0.6 is 11.6 Å². The quantitative estimate of drug-likeness (QED) is 0.606. The standard InChI is InChI=1S/C20H25ClN6O2/c1-5-8-27(17-12-23-24-20(28)19(17)21)9-10-29-15-6-7-22-16(11-15)18-13(2)25-26(4)14(18)3/h6-7,11-12H,5,8-10H2,1-4H3,(H,24,28). The first-order valence-corrected chi connectivity index (χ1v) is 9.87. The van der Waals surface area contributed by atoms with E-state index in [9.17, 15) is 4.79 Å². The zero-order valence-electron chi connectivity index (χ0n) is 17.1. The van der Waals surface area contributed by atoms with Crippen molar-refractivity contribution >= 4 is 17.3 Å². The third-order valence-electron chi connectivity index (χ3n) is 4.74. The van der Waals surface area contributed by atoms with Crippen molar-refractivity contribution in [2.24, 2.45) is 7.05 Å². The van der Waals surface area contributed by atoms with Crippen LogP contribution in [0.5, 0.6) is 5.75 Å². The van der Waals surface area contributed by atoms with Gasteiger partial charge in [0.15, 0.2) is 0 Å². The van der Waals surface area contributed by atoms with Gasteiger partial charge in [-0.3, -0.25) is 14.5 Å². The Morgan fingerprint density at radius 1 is 1.31 bits per heavy atom. The second-order valence-electron chi connectivity index (χ2n) is 6.78. The Hall–Kier alpha value is -2.87. The molecule has 0 aliphatic rings. The van der Waals surface area contributed by atoms with E-state index in [0.717, 1.165) is 41.4 Å². The molecule has 3 aromatic heterocycles. The number of hydrogen-bond donors (Lipinski definition) is 1. The number of hydrogen-bond acceptors (Lipinski definition) is 6. The smallest absolute Gasteiger partial charge is 0.285 e. The lowest BCUT2D eigenvalue weighted by molar-refractivity contribution is 0.323. The number of rotatable bonds is 8. The molecule has 0 saturated heterocycles. The maximum Gasteiger partial charge on any atom is 0.285 e. The molecule has 0 aliphatic carbocycles. The number of nitrogens with zero attached hydrogens (tertiary/aromatic N) is 5. The molecule has 1 N–H and O–H groups in total. The molecule has 0 bridgehead atoms. The summed E-state index contributed by atoms with van der Waals surface area (Å²) < 4.78 is 7.81. The molecule has 0 saturated carbocycles. The van der Waals surface area contributed by atoms with Crippen molar-refractivity contribution < 1.29 is 4.74 Å². The minimum Gasteiger partial charge on any atom is -0.492 e. The molecule has 9 heteroatoms. The van der Waals surface area contributed by atoms with Crippen LogP contribution in [-0.4, -0.2) is 44.7 Å². The Labute approximate surface area is 174 Å². The van der Waals surface area contributed by atoms with E-state index in [-0.39, 0.29) is 5.02 Å². The molecule has 3 aromatic rings. The number of anilines is 1. The molecule has 0 fully saturated rings. The van der Waals surface area contributed by atoms with Crippen LogP contribution in [0.25, 0.3) is 11.3 Å². The Morgan fingerprint density at radius 3 is 2.79 bits per heavy atom. The van der Waals surface area contributed by atoms with E-state index in [1.807, 2.05) is 42.6 Å². The van der Waals surface area contributed by atoms with Crippen molar-refractivity contribution in [1.82, 2.24) is 25.0 Å². The van der Waals surface area contributed by atoms with Gasteiger partial charge >= 0.3 is 0 Å². The number of nitrogens with one attached hydrogen (secondary N) is 1. The van der Waals surface area contributed by atoms with Gasteiger partial charge in [-0.1, -0.05) is 18.5 Å². The van der Waals surface area contributed by atoms with Crippen LogP contribution in [0.2, 0.25) is 5.02 Å². The molecule has 0 aliphatic heterocycles. The first-order valence-electron chi connectivity index (χ1n) is 9.50. The topological polar surface area (TPSA) is 88.9 Å². The number of ether oxygens (including phenoxy) is 1. The third-order valence-corrected chi connectivity index (χ3v) is 5.10. The maximum absolute atomic E-state index is 11.8. The van der Waals surface area contributed by atoms with Crippen LogP contribution in [0.3, 0.4) is 0 Å². The zero-order valence-corrected chi connectivity index (χ0v) is 17.8. The lowest BCUT2D eigenvalue weighted by atomic mass is 10.1. The average molecular weight is 417 g/mol. The Balaban J connectivity index is 1.72. The summed E-state index contributed by atoms with van der Waals surface area (Å²) in [5, 5.41) is 10.8. The van der Waals surface area contributed by atoms with Crippen LogP contribution < -0.4 is 15.2 Å². The van der Waals surface area contributed by atoms with Gasteiger partial charge in [-0.25, -0.2) is 5.10 Å². The summed E-state index contributed by atoms with van der Waals surface area (Å²) in [6, 6.07) is 3.75. The van der Waals surface area contributed by atoms with Crippen molar-refractivity contribution in [1.29, 1.82) is 0 Å². The number of aryl methyl sites for hydroxylation is 2. The fourth-order valence-corrected chi connectivity index (χ4v) is 3.48. The lowest BCUT2D eigenvalue weighted by Crippen LogP contribution is -2.31. The Kier molecular flexibility index (Phi) is 6.53. The van der Waals surface area contributed by atoms with Gasteiger partial charge in [-0.05, 0) is 26.3 Å². The summed E-state index contributed by atoms with van der Waals surface area (Å²) >= 11 is 6.16. The largest absolute Gasteiger partial charge is 0.492 e. The van der Waals surface area contributed by atoms with E-state index in [1.165, 1.54) is 0 Å². The number of pyridine rings is 1. The van der Waals surface area contributed by atoms with Gasteiger partial charge in [-0.2, -0.15) is 10.2 Å². The molecule has 3 heterocycles. The molecule has 3 rings (SSSR count). The summed E-state index contributed by atoms with van der Waals surface area (Å²) in [6.07, 6.45) is 4.21. The monoisotopic (exact) mass is 416 g/mol. The van der Waals surface area contributed by atoms with Crippen LogP contribution in [0.15, 0.2) is 29.3 Å². The molecular formula is C20H25ClN6O2. The van der Waals surface area contributed by atoms with Crippen LogP contribution in [0, 0.1) is 13.8 Å². The Bertz CT molecular complexity index is 1050. The van der Waals surface area contributed by atoms with E-state index in [1.54, 1.807) is 12.4 Å². The van der Waals surface area contributed by atoms with Crippen molar-refractivity contribution in [2.75, 3.05) is 24.6 Å². The zero-order chi connectivity index (χ0) is 21.0. The summed E-state index contributed by atoms with van der Waals surface area (Å²) in [7, 11) is 1.92. The van der Waals surface area contributed by atoms with Crippen LogP contribution in [0.1, 0.15) is 24.7 Å². The predicted molar refractivity (Wildman–Crippen MR) is 114 cm³/mol. The molecule has 29 heavy (non-hydrogen) atoms. The molecule has 0 amide bonds. The summed E-state index contributed by atoms with van der Waals surface area (Å²) in [4.78, 5) is 18.2. The van der Waals surface area contributed by atoms with Crippen molar-refractivity contribution in [3.63, 3.8) is 0 Å². The molecule has 0 unspecified atom stereocenters. The van der Waals surface area contributed by atoms with Gasteiger partial charge in [0.25, 0.3) is 5.56 Å². The second-order valence-corrected chi connectivity index (χ2v) is 7.16. The van der Waals surface area contributed by atoms with Crippen LogP contribution in [-0.2, 0) is 7.05 Å². The van der Waals surface area contributed by atoms with Crippen molar-refractivity contribution in [3.05, 3.63) is 51.3 Å². The van der Waals surface area contributed by atoms with Gasteiger partial charge in [-0.15, -0.1) is 0 Å².